The van der Waals surface area contributed by atoms with Gasteiger partial charge in [-0.15, -0.1) is 0 Å². The maximum absolute atomic E-state index is 13.0. The van der Waals surface area contributed by atoms with Crippen molar-refractivity contribution in [3.8, 4) is 16.8 Å². The molecule has 0 saturated carbocycles. The predicted octanol–water partition coefficient (Wildman–Crippen LogP) is 3.33. The van der Waals surface area contributed by atoms with E-state index in [0.29, 0.717) is 18.9 Å². The van der Waals surface area contributed by atoms with Gasteiger partial charge in [0, 0.05) is 62.7 Å². The Morgan fingerprint density at radius 2 is 1.71 bits per heavy atom. The van der Waals surface area contributed by atoms with Gasteiger partial charge >= 0.3 is 5.69 Å². The van der Waals surface area contributed by atoms with Crippen molar-refractivity contribution in [3.05, 3.63) is 53.0 Å². The van der Waals surface area contributed by atoms with Gasteiger partial charge in [-0.05, 0) is 24.3 Å². The van der Waals surface area contributed by atoms with Crippen LogP contribution in [0.4, 0.5) is 11.4 Å². The van der Waals surface area contributed by atoms with Gasteiger partial charge in [-0.2, -0.15) is 5.10 Å². The van der Waals surface area contributed by atoms with Gasteiger partial charge in [-0.1, -0.05) is 20.8 Å². The fraction of sp³-hybridized carbons (Fsp3) is 0.393. The molecule has 1 aliphatic heterocycles. The summed E-state index contributed by atoms with van der Waals surface area (Å²) < 4.78 is 13.0. The molecule has 0 unspecified atom stereocenters. The summed E-state index contributed by atoms with van der Waals surface area (Å²) >= 11 is 0. The summed E-state index contributed by atoms with van der Waals surface area (Å²) in [6.45, 7) is 9.32. The molecule has 4 heterocycles. The topological polar surface area (TPSA) is 101 Å². The molecule has 0 amide bonds. The van der Waals surface area contributed by atoms with Crippen molar-refractivity contribution in [1.29, 1.82) is 0 Å². The minimum atomic E-state index is -0.251. The van der Waals surface area contributed by atoms with Gasteiger partial charge in [-0.3, -0.25) is 18.4 Å². The van der Waals surface area contributed by atoms with E-state index < -0.39 is 0 Å². The number of aryl methyl sites for hydroxylation is 3. The first-order chi connectivity index (χ1) is 18.0. The quantitative estimate of drug-likeness (QED) is 0.371. The first-order valence-electron chi connectivity index (χ1n) is 12.9. The maximum Gasteiger partial charge on any atom is 0.328 e. The second-order valence-corrected chi connectivity index (χ2v) is 11.2. The van der Waals surface area contributed by atoms with E-state index >= 15 is 0 Å². The normalized spacial score (nSPS) is 14.7. The van der Waals surface area contributed by atoms with Gasteiger partial charge in [0.25, 0.3) is 0 Å². The Labute approximate surface area is 220 Å². The Morgan fingerprint density at radius 1 is 0.974 bits per heavy atom. The Morgan fingerprint density at radius 3 is 2.37 bits per heavy atom. The molecule has 5 aromatic rings. The second kappa shape index (κ2) is 8.49. The zero-order chi connectivity index (χ0) is 26.9. The number of aromatic nitrogens is 6. The van der Waals surface area contributed by atoms with Crippen LogP contribution in [-0.4, -0.2) is 54.8 Å². The number of anilines is 2. The van der Waals surface area contributed by atoms with Crippen LogP contribution in [0.3, 0.4) is 0 Å². The summed E-state index contributed by atoms with van der Waals surface area (Å²) in [6.07, 6.45) is 3.77. The molecule has 0 atom stereocenters. The van der Waals surface area contributed by atoms with Crippen LogP contribution in [0, 0.1) is 0 Å². The van der Waals surface area contributed by atoms with Crippen LogP contribution in [0.2, 0.25) is 0 Å². The van der Waals surface area contributed by atoms with E-state index in [2.05, 4.69) is 47.5 Å². The summed E-state index contributed by atoms with van der Waals surface area (Å²) in [5, 5.41) is 4.32. The maximum atomic E-state index is 13.0. The first-order valence-corrected chi connectivity index (χ1v) is 12.9. The number of morpholine rings is 1. The van der Waals surface area contributed by atoms with E-state index in [9.17, 15) is 4.79 Å². The SMILES string of the molecule is Cn1cc(-c2cc3nc(C(C)(C)C)n(-c4cc(N5CCOCC5)c5c(c4)n(C)c(=O)n5C)c3cc2N)cn1. The van der Waals surface area contributed by atoms with Crippen molar-refractivity contribution in [1.82, 2.24) is 28.5 Å². The molecular formula is C28H34N8O2. The molecule has 2 aromatic carbocycles. The Balaban J connectivity index is 1.66. The highest BCUT2D eigenvalue weighted by molar-refractivity contribution is 5.95. The van der Waals surface area contributed by atoms with E-state index in [1.165, 1.54) is 0 Å². The highest BCUT2D eigenvalue weighted by Crippen LogP contribution is 2.37. The predicted molar refractivity (Wildman–Crippen MR) is 151 cm³/mol. The number of nitrogens with two attached hydrogens (primary N) is 1. The Bertz CT molecular complexity index is 1760. The summed E-state index contributed by atoms with van der Waals surface area (Å²) in [6, 6.07) is 8.31. The Hall–Kier alpha value is -4.05. The molecule has 1 saturated heterocycles. The lowest BCUT2D eigenvalue weighted by Crippen LogP contribution is -2.36. The number of nitrogens with zero attached hydrogens (tertiary/aromatic N) is 7. The largest absolute Gasteiger partial charge is 0.398 e. The van der Waals surface area contributed by atoms with Crippen LogP contribution in [0.15, 0.2) is 41.5 Å². The van der Waals surface area contributed by atoms with Crippen molar-refractivity contribution in [2.75, 3.05) is 36.9 Å². The standard InChI is InChI=1S/C28H34N8O2/c1-28(2,3)26-31-21-13-19(17-15-30-32(4)16-17)20(29)14-22(21)36(26)18-11-23-25(34(6)27(37)33(23)5)24(12-18)35-7-9-38-10-8-35/h11-16H,7-10,29H2,1-6H3. The van der Waals surface area contributed by atoms with E-state index in [1.807, 2.05) is 45.7 Å². The number of ether oxygens (including phenoxy) is 1. The molecule has 0 aliphatic carbocycles. The minimum Gasteiger partial charge on any atom is -0.398 e. The third-order valence-corrected chi connectivity index (χ3v) is 7.45. The highest BCUT2D eigenvalue weighted by atomic mass is 16.5. The zero-order valence-corrected chi connectivity index (χ0v) is 22.8. The molecule has 0 radical (unpaired) electrons. The zero-order valence-electron chi connectivity index (χ0n) is 22.8. The summed E-state index contributed by atoms with van der Waals surface area (Å²) in [4.78, 5) is 20.5. The molecule has 198 valence electrons. The monoisotopic (exact) mass is 514 g/mol. The van der Waals surface area contributed by atoms with Gasteiger partial charge in [0.05, 0.1) is 52.9 Å². The van der Waals surface area contributed by atoms with Gasteiger partial charge in [0.15, 0.2) is 0 Å². The third kappa shape index (κ3) is 3.70. The van der Waals surface area contributed by atoms with E-state index in [0.717, 1.165) is 63.5 Å². The van der Waals surface area contributed by atoms with Crippen LogP contribution in [-0.2, 0) is 31.3 Å². The van der Waals surface area contributed by atoms with Gasteiger partial charge in [0.1, 0.15) is 5.82 Å². The van der Waals surface area contributed by atoms with Crippen molar-refractivity contribution in [3.63, 3.8) is 0 Å². The fourth-order valence-corrected chi connectivity index (χ4v) is 5.50. The molecule has 2 N–H and O–H groups in total. The number of hydrogen-bond acceptors (Lipinski definition) is 6. The highest BCUT2D eigenvalue weighted by Gasteiger charge is 2.27. The van der Waals surface area contributed by atoms with Gasteiger partial charge in [0.2, 0.25) is 0 Å². The molecule has 3 aromatic heterocycles. The lowest BCUT2D eigenvalue weighted by atomic mass is 9.95. The lowest BCUT2D eigenvalue weighted by molar-refractivity contribution is 0.123. The number of fused-ring (bicyclic) bond motifs is 2. The smallest absolute Gasteiger partial charge is 0.328 e. The molecule has 38 heavy (non-hydrogen) atoms. The minimum absolute atomic E-state index is 0.0523. The van der Waals surface area contributed by atoms with E-state index in [4.69, 9.17) is 15.5 Å². The van der Waals surface area contributed by atoms with Crippen LogP contribution in [0.5, 0.6) is 0 Å². The van der Waals surface area contributed by atoms with Crippen LogP contribution < -0.4 is 16.3 Å². The lowest BCUT2D eigenvalue weighted by Gasteiger charge is -2.30. The van der Waals surface area contributed by atoms with Crippen molar-refractivity contribution in [2.45, 2.75) is 26.2 Å². The van der Waals surface area contributed by atoms with Crippen molar-refractivity contribution in [2.24, 2.45) is 21.1 Å². The number of rotatable bonds is 3. The average Bonchev–Trinajstić information content (AvgIpc) is 3.55. The van der Waals surface area contributed by atoms with Gasteiger partial charge < -0.3 is 15.4 Å². The fourth-order valence-electron chi connectivity index (χ4n) is 5.50. The van der Waals surface area contributed by atoms with Gasteiger partial charge in [-0.25, -0.2) is 9.78 Å². The van der Waals surface area contributed by atoms with E-state index in [-0.39, 0.29) is 11.1 Å². The average molecular weight is 515 g/mol. The molecule has 0 bridgehead atoms. The molecule has 6 rings (SSSR count). The number of imidazole rings is 2. The molecule has 10 heteroatoms. The summed E-state index contributed by atoms with van der Waals surface area (Å²) in [7, 11) is 5.55. The second-order valence-electron chi connectivity index (χ2n) is 11.2. The number of benzene rings is 2. The number of nitrogen functional groups attached to an aromatic ring is 1. The first kappa shape index (κ1) is 24.3. The van der Waals surface area contributed by atoms with Crippen molar-refractivity contribution < 1.29 is 4.74 Å². The Kier molecular flexibility index (Phi) is 5.43. The number of hydrogen-bond donors (Lipinski definition) is 1. The molecule has 1 fully saturated rings. The van der Waals surface area contributed by atoms with Crippen LogP contribution in [0.1, 0.15) is 26.6 Å². The van der Waals surface area contributed by atoms with Crippen molar-refractivity contribution >= 4 is 33.4 Å². The summed E-state index contributed by atoms with van der Waals surface area (Å²) in [5.41, 5.74) is 14.4. The third-order valence-electron chi connectivity index (χ3n) is 7.45. The molecule has 1 aliphatic rings. The molecular weight excluding hydrogens is 480 g/mol. The molecule has 10 nitrogen and oxygen atoms in total. The van der Waals surface area contributed by atoms with Crippen LogP contribution >= 0.6 is 0 Å². The summed E-state index contributed by atoms with van der Waals surface area (Å²) in [5.74, 6) is 0.920. The van der Waals surface area contributed by atoms with E-state index in [1.54, 1.807) is 13.8 Å². The van der Waals surface area contributed by atoms with Crippen LogP contribution in [0.25, 0.3) is 38.9 Å². The molecule has 0 spiro atoms.